The van der Waals surface area contributed by atoms with E-state index in [0.29, 0.717) is 6.10 Å². The van der Waals surface area contributed by atoms with Gasteiger partial charge in [0, 0.05) is 32.8 Å². The van der Waals surface area contributed by atoms with Gasteiger partial charge in [-0.3, -0.25) is 4.99 Å². The Morgan fingerprint density at radius 1 is 1.16 bits per heavy atom. The third-order valence-corrected chi connectivity index (χ3v) is 5.83. The van der Waals surface area contributed by atoms with Crippen LogP contribution in [0, 0.1) is 5.92 Å². The Bertz CT molecular complexity index is 357. The lowest BCUT2D eigenvalue weighted by atomic mass is 10.1. The highest BCUT2D eigenvalue weighted by Gasteiger charge is 2.23. The van der Waals surface area contributed by atoms with E-state index in [-0.39, 0.29) is 24.0 Å². The zero-order valence-electron chi connectivity index (χ0n) is 16.2. The highest BCUT2D eigenvalue weighted by Crippen LogP contribution is 2.26. The van der Waals surface area contributed by atoms with Crippen LogP contribution in [0.15, 0.2) is 4.99 Å². The Hall–Kier alpha value is 0.310. The maximum atomic E-state index is 6.19. The SMILES string of the molecule is CCNC(=NCCCCSC)N1CCC(OCC2CCCC2)CC1.I. The van der Waals surface area contributed by atoms with Crippen LogP contribution in [-0.4, -0.2) is 61.8 Å². The summed E-state index contributed by atoms with van der Waals surface area (Å²) in [7, 11) is 0. The normalized spacial score (nSPS) is 19.9. The average molecular weight is 484 g/mol. The van der Waals surface area contributed by atoms with E-state index in [9.17, 15) is 0 Å². The van der Waals surface area contributed by atoms with Crippen LogP contribution in [0.3, 0.4) is 0 Å². The molecular formula is C19H38IN3OS. The highest BCUT2D eigenvalue weighted by atomic mass is 127. The summed E-state index contributed by atoms with van der Waals surface area (Å²) < 4.78 is 6.19. The van der Waals surface area contributed by atoms with Crippen molar-refractivity contribution in [2.24, 2.45) is 10.9 Å². The van der Waals surface area contributed by atoms with E-state index in [1.165, 1.54) is 44.3 Å². The molecule has 1 N–H and O–H groups in total. The van der Waals surface area contributed by atoms with Crippen molar-refractivity contribution < 1.29 is 4.74 Å². The molecular weight excluding hydrogens is 445 g/mol. The molecule has 0 spiro atoms. The molecule has 0 radical (unpaired) electrons. The first-order valence-electron chi connectivity index (χ1n) is 9.97. The second-order valence-electron chi connectivity index (χ2n) is 7.11. The number of nitrogens with one attached hydrogen (secondary N) is 1. The van der Waals surface area contributed by atoms with E-state index >= 15 is 0 Å². The average Bonchev–Trinajstić information content (AvgIpc) is 3.13. The maximum absolute atomic E-state index is 6.19. The van der Waals surface area contributed by atoms with Crippen molar-refractivity contribution in [3.8, 4) is 0 Å². The summed E-state index contributed by atoms with van der Waals surface area (Å²) in [5.41, 5.74) is 0. The molecule has 0 aromatic rings. The number of rotatable bonds is 9. The van der Waals surface area contributed by atoms with Crippen LogP contribution in [-0.2, 0) is 4.74 Å². The van der Waals surface area contributed by atoms with Crippen molar-refractivity contribution in [2.75, 3.05) is 44.8 Å². The molecule has 4 nitrogen and oxygen atoms in total. The Kier molecular flexibility index (Phi) is 13.4. The van der Waals surface area contributed by atoms with Crippen molar-refractivity contribution in [2.45, 2.75) is 64.4 Å². The van der Waals surface area contributed by atoms with Crippen LogP contribution >= 0.6 is 35.7 Å². The minimum atomic E-state index is 0. The Morgan fingerprint density at radius 2 is 1.88 bits per heavy atom. The van der Waals surface area contributed by atoms with Gasteiger partial charge in [-0.25, -0.2) is 0 Å². The van der Waals surface area contributed by atoms with Crippen molar-refractivity contribution >= 4 is 41.7 Å². The number of halogens is 1. The lowest BCUT2D eigenvalue weighted by Gasteiger charge is -2.34. The molecule has 1 saturated heterocycles. The number of piperidine rings is 1. The fourth-order valence-corrected chi connectivity index (χ4v) is 4.15. The highest BCUT2D eigenvalue weighted by molar-refractivity contribution is 14.0. The summed E-state index contributed by atoms with van der Waals surface area (Å²) in [5.74, 6) is 3.19. The standard InChI is InChI=1S/C19H37N3OS.HI/c1-3-20-19(21-12-6-7-15-24-2)22-13-10-18(11-14-22)23-16-17-8-4-5-9-17;/h17-18H,3-16H2,1-2H3,(H,20,21);1H. The fourth-order valence-electron chi connectivity index (χ4n) is 3.65. The van der Waals surface area contributed by atoms with E-state index in [4.69, 9.17) is 9.73 Å². The van der Waals surface area contributed by atoms with Crippen molar-refractivity contribution in [1.82, 2.24) is 10.2 Å². The molecule has 6 heteroatoms. The van der Waals surface area contributed by atoms with Gasteiger partial charge in [-0.05, 0) is 63.4 Å². The number of nitrogens with zero attached hydrogens (tertiary/aromatic N) is 2. The summed E-state index contributed by atoms with van der Waals surface area (Å²) in [4.78, 5) is 7.25. The van der Waals surface area contributed by atoms with Gasteiger partial charge in [0.1, 0.15) is 0 Å². The third kappa shape index (κ3) is 9.18. The van der Waals surface area contributed by atoms with E-state index in [1.807, 2.05) is 11.8 Å². The predicted octanol–water partition coefficient (Wildman–Crippen LogP) is 4.38. The largest absolute Gasteiger partial charge is 0.378 e. The van der Waals surface area contributed by atoms with Crippen molar-refractivity contribution in [3.63, 3.8) is 0 Å². The lowest BCUT2D eigenvalue weighted by molar-refractivity contribution is 0.00102. The van der Waals surface area contributed by atoms with Crippen LogP contribution in [0.25, 0.3) is 0 Å². The van der Waals surface area contributed by atoms with Crippen molar-refractivity contribution in [1.29, 1.82) is 0 Å². The Morgan fingerprint density at radius 3 is 2.52 bits per heavy atom. The quantitative estimate of drug-likeness (QED) is 0.229. The molecule has 0 aromatic heterocycles. The molecule has 0 unspecified atom stereocenters. The van der Waals surface area contributed by atoms with Gasteiger partial charge >= 0.3 is 0 Å². The molecule has 1 saturated carbocycles. The number of hydrogen-bond donors (Lipinski definition) is 1. The molecule has 0 bridgehead atoms. The monoisotopic (exact) mass is 483 g/mol. The molecule has 2 fully saturated rings. The fraction of sp³-hybridized carbons (Fsp3) is 0.947. The first-order chi connectivity index (χ1) is 11.8. The zero-order chi connectivity index (χ0) is 17.0. The second-order valence-corrected chi connectivity index (χ2v) is 8.09. The van der Waals surface area contributed by atoms with E-state index in [0.717, 1.165) is 57.5 Å². The number of aliphatic imine (C=N–C) groups is 1. The van der Waals surface area contributed by atoms with Crippen LogP contribution in [0.1, 0.15) is 58.3 Å². The summed E-state index contributed by atoms with van der Waals surface area (Å²) in [6, 6.07) is 0. The number of unbranched alkanes of at least 4 members (excludes halogenated alkanes) is 1. The molecule has 148 valence electrons. The summed E-state index contributed by atoms with van der Waals surface area (Å²) in [5, 5.41) is 3.46. The predicted molar refractivity (Wildman–Crippen MR) is 122 cm³/mol. The van der Waals surface area contributed by atoms with E-state index in [2.05, 4.69) is 23.4 Å². The van der Waals surface area contributed by atoms with Crippen LogP contribution in [0.2, 0.25) is 0 Å². The van der Waals surface area contributed by atoms with Gasteiger partial charge in [0.2, 0.25) is 0 Å². The smallest absolute Gasteiger partial charge is 0.193 e. The van der Waals surface area contributed by atoms with Crippen LogP contribution in [0.4, 0.5) is 0 Å². The number of thioether (sulfide) groups is 1. The Balaban J connectivity index is 0.00000312. The summed E-state index contributed by atoms with van der Waals surface area (Å²) in [6.45, 7) is 7.19. The first-order valence-corrected chi connectivity index (χ1v) is 11.4. The number of likely N-dealkylation sites (tertiary alicyclic amines) is 1. The van der Waals surface area contributed by atoms with Crippen LogP contribution in [0.5, 0.6) is 0 Å². The molecule has 1 aliphatic carbocycles. The van der Waals surface area contributed by atoms with Gasteiger partial charge in [0.05, 0.1) is 6.10 Å². The molecule has 0 amide bonds. The molecule has 25 heavy (non-hydrogen) atoms. The molecule has 0 aromatic carbocycles. The third-order valence-electron chi connectivity index (χ3n) is 5.14. The topological polar surface area (TPSA) is 36.9 Å². The van der Waals surface area contributed by atoms with Gasteiger partial charge < -0.3 is 15.0 Å². The van der Waals surface area contributed by atoms with Gasteiger partial charge in [-0.15, -0.1) is 24.0 Å². The molecule has 2 rings (SSSR count). The van der Waals surface area contributed by atoms with Crippen LogP contribution < -0.4 is 5.32 Å². The number of hydrogen-bond acceptors (Lipinski definition) is 3. The van der Waals surface area contributed by atoms with Gasteiger partial charge in [-0.1, -0.05) is 12.8 Å². The van der Waals surface area contributed by atoms with E-state index in [1.54, 1.807) is 0 Å². The minimum Gasteiger partial charge on any atom is -0.378 e. The van der Waals surface area contributed by atoms with Gasteiger partial charge in [-0.2, -0.15) is 11.8 Å². The zero-order valence-corrected chi connectivity index (χ0v) is 19.3. The maximum Gasteiger partial charge on any atom is 0.193 e. The van der Waals surface area contributed by atoms with Gasteiger partial charge in [0.25, 0.3) is 0 Å². The second kappa shape index (κ2) is 14.4. The van der Waals surface area contributed by atoms with Crippen molar-refractivity contribution in [3.05, 3.63) is 0 Å². The Labute approximate surface area is 176 Å². The van der Waals surface area contributed by atoms with E-state index < -0.39 is 0 Å². The number of guanidine groups is 1. The minimum absolute atomic E-state index is 0. The molecule has 0 atom stereocenters. The molecule has 2 aliphatic rings. The summed E-state index contributed by atoms with van der Waals surface area (Å²) >= 11 is 1.92. The lowest BCUT2D eigenvalue weighted by Crippen LogP contribution is -2.47. The first kappa shape index (κ1) is 23.3. The number of ether oxygens (including phenoxy) is 1. The summed E-state index contributed by atoms with van der Waals surface area (Å²) in [6.07, 6.45) is 13.0. The van der Waals surface area contributed by atoms with Gasteiger partial charge in [0.15, 0.2) is 5.96 Å². The molecule has 1 aliphatic heterocycles. The molecule has 1 heterocycles.